The van der Waals surface area contributed by atoms with E-state index < -0.39 is 0 Å². The molecular formula is C16H25ClN2O. The summed E-state index contributed by atoms with van der Waals surface area (Å²) in [4.78, 5) is 11.9. The van der Waals surface area contributed by atoms with E-state index in [-0.39, 0.29) is 24.4 Å². The highest BCUT2D eigenvalue weighted by Gasteiger charge is 2.25. The van der Waals surface area contributed by atoms with Crippen molar-refractivity contribution in [2.75, 3.05) is 6.54 Å². The molecule has 0 spiro atoms. The Morgan fingerprint density at radius 1 is 1.35 bits per heavy atom. The van der Waals surface area contributed by atoms with E-state index in [9.17, 15) is 4.79 Å². The molecule has 0 heterocycles. The van der Waals surface area contributed by atoms with Gasteiger partial charge in [0.15, 0.2) is 0 Å². The molecular weight excluding hydrogens is 272 g/mol. The van der Waals surface area contributed by atoms with Gasteiger partial charge in [-0.05, 0) is 30.2 Å². The van der Waals surface area contributed by atoms with Gasteiger partial charge < -0.3 is 11.1 Å². The molecule has 20 heavy (non-hydrogen) atoms. The Morgan fingerprint density at radius 2 is 2.05 bits per heavy atom. The summed E-state index contributed by atoms with van der Waals surface area (Å²) in [7, 11) is 0. The molecule has 0 radical (unpaired) electrons. The van der Waals surface area contributed by atoms with Crippen LogP contribution in [0.1, 0.15) is 44.1 Å². The van der Waals surface area contributed by atoms with E-state index >= 15 is 0 Å². The van der Waals surface area contributed by atoms with Crippen LogP contribution in [0.25, 0.3) is 0 Å². The Bertz CT molecular complexity index is 410. The largest absolute Gasteiger partial charge is 0.355 e. The standard InChI is InChI=1S/C16H24N2O.ClH/c1-12(13-6-3-2-4-7-13)11-18-16(19)10-14-8-5-9-15(14)17;/h2-4,6-7,12,14-15H,5,8-11,17H2,1H3,(H,18,19);1H/t12?,14-,15+;/m0./s1. The number of benzene rings is 1. The van der Waals surface area contributed by atoms with Crippen LogP contribution in [0.2, 0.25) is 0 Å². The Morgan fingerprint density at radius 3 is 2.65 bits per heavy atom. The van der Waals surface area contributed by atoms with Crippen molar-refractivity contribution in [1.29, 1.82) is 0 Å². The van der Waals surface area contributed by atoms with Crippen molar-refractivity contribution in [2.24, 2.45) is 11.7 Å². The zero-order valence-electron chi connectivity index (χ0n) is 12.0. The molecule has 0 bridgehead atoms. The van der Waals surface area contributed by atoms with Crippen molar-refractivity contribution in [3.8, 4) is 0 Å². The van der Waals surface area contributed by atoms with E-state index in [2.05, 4.69) is 24.4 Å². The zero-order chi connectivity index (χ0) is 13.7. The van der Waals surface area contributed by atoms with Crippen molar-refractivity contribution in [1.82, 2.24) is 5.32 Å². The fraction of sp³-hybridized carbons (Fsp3) is 0.562. The van der Waals surface area contributed by atoms with Crippen LogP contribution in [0, 0.1) is 5.92 Å². The quantitative estimate of drug-likeness (QED) is 0.878. The summed E-state index contributed by atoms with van der Waals surface area (Å²) >= 11 is 0. The van der Waals surface area contributed by atoms with E-state index in [1.165, 1.54) is 12.0 Å². The van der Waals surface area contributed by atoms with Gasteiger partial charge in [-0.2, -0.15) is 0 Å². The van der Waals surface area contributed by atoms with Crippen LogP contribution < -0.4 is 11.1 Å². The molecule has 0 aromatic heterocycles. The van der Waals surface area contributed by atoms with Gasteiger partial charge in [0.2, 0.25) is 5.91 Å². The summed E-state index contributed by atoms with van der Waals surface area (Å²) in [5.41, 5.74) is 7.26. The minimum absolute atomic E-state index is 0. The van der Waals surface area contributed by atoms with Crippen LogP contribution in [-0.2, 0) is 4.79 Å². The van der Waals surface area contributed by atoms with E-state index in [1.54, 1.807) is 0 Å². The first-order chi connectivity index (χ1) is 9.16. The lowest BCUT2D eigenvalue weighted by molar-refractivity contribution is -0.122. The van der Waals surface area contributed by atoms with Crippen LogP contribution in [0.3, 0.4) is 0 Å². The fourth-order valence-corrected chi connectivity index (χ4v) is 2.80. The van der Waals surface area contributed by atoms with Gasteiger partial charge in [-0.15, -0.1) is 12.4 Å². The monoisotopic (exact) mass is 296 g/mol. The van der Waals surface area contributed by atoms with Gasteiger partial charge in [-0.25, -0.2) is 0 Å². The van der Waals surface area contributed by atoms with Gasteiger partial charge >= 0.3 is 0 Å². The first-order valence-electron chi connectivity index (χ1n) is 7.24. The number of nitrogens with one attached hydrogen (secondary N) is 1. The van der Waals surface area contributed by atoms with Crippen LogP contribution >= 0.6 is 12.4 Å². The second kappa shape index (κ2) is 8.28. The third-order valence-electron chi connectivity index (χ3n) is 4.14. The molecule has 1 fully saturated rings. The predicted molar refractivity (Wildman–Crippen MR) is 85.0 cm³/mol. The van der Waals surface area contributed by atoms with Gasteiger partial charge in [0.1, 0.15) is 0 Å². The molecule has 1 aromatic carbocycles. The summed E-state index contributed by atoms with van der Waals surface area (Å²) in [5.74, 6) is 0.875. The first-order valence-corrected chi connectivity index (χ1v) is 7.24. The molecule has 0 saturated heterocycles. The maximum atomic E-state index is 11.9. The Labute approximate surface area is 127 Å². The SMILES string of the molecule is CC(CNC(=O)C[C@@H]1CCC[C@H]1N)c1ccccc1.Cl. The number of hydrogen-bond acceptors (Lipinski definition) is 2. The van der Waals surface area contributed by atoms with Crippen molar-refractivity contribution < 1.29 is 4.79 Å². The molecule has 1 unspecified atom stereocenters. The highest BCUT2D eigenvalue weighted by Crippen LogP contribution is 2.26. The number of rotatable bonds is 5. The topological polar surface area (TPSA) is 55.1 Å². The minimum Gasteiger partial charge on any atom is -0.355 e. The highest BCUT2D eigenvalue weighted by atomic mass is 35.5. The molecule has 1 aliphatic carbocycles. The Hall–Kier alpha value is -1.06. The second-order valence-electron chi connectivity index (χ2n) is 5.67. The van der Waals surface area contributed by atoms with Crippen molar-refractivity contribution >= 4 is 18.3 Å². The van der Waals surface area contributed by atoms with Gasteiger partial charge in [0.05, 0.1) is 0 Å². The molecule has 112 valence electrons. The van der Waals surface area contributed by atoms with Crippen LogP contribution in [0.15, 0.2) is 30.3 Å². The van der Waals surface area contributed by atoms with Crippen molar-refractivity contribution in [3.63, 3.8) is 0 Å². The van der Waals surface area contributed by atoms with E-state index in [0.717, 1.165) is 12.8 Å². The maximum Gasteiger partial charge on any atom is 0.220 e. The average Bonchev–Trinajstić information content (AvgIpc) is 2.82. The molecule has 4 heteroatoms. The second-order valence-corrected chi connectivity index (χ2v) is 5.67. The minimum atomic E-state index is 0. The van der Waals surface area contributed by atoms with E-state index in [0.29, 0.717) is 24.8 Å². The van der Waals surface area contributed by atoms with Gasteiger partial charge in [0, 0.05) is 19.0 Å². The molecule has 3 atom stereocenters. The number of carbonyl (C=O) groups is 1. The summed E-state index contributed by atoms with van der Waals surface area (Å²) in [5, 5.41) is 3.03. The number of carbonyl (C=O) groups excluding carboxylic acids is 1. The summed E-state index contributed by atoms with van der Waals surface area (Å²) in [6, 6.07) is 10.5. The summed E-state index contributed by atoms with van der Waals surface area (Å²) in [6.45, 7) is 2.84. The van der Waals surface area contributed by atoms with Crippen LogP contribution in [0.5, 0.6) is 0 Å². The number of hydrogen-bond donors (Lipinski definition) is 2. The van der Waals surface area contributed by atoms with Crippen molar-refractivity contribution in [2.45, 2.75) is 44.6 Å². The average molecular weight is 297 g/mol. The van der Waals surface area contributed by atoms with Crippen LogP contribution in [-0.4, -0.2) is 18.5 Å². The zero-order valence-corrected chi connectivity index (χ0v) is 12.9. The molecule has 3 N–H and O–H groups in total. The highest BCUT2D eigenvalue weighted by molar-refractivity contribution is 5.85. The van der Waals surface area contributed by atoms with Crippen molar-refractivity contribution in [3.05, 3.63) is 35.9 Å². The Balaban J connectivity index is 0.00000200. The molecule has 1 aromatic rings. The molecule has 0 aliphatic heterocycles. The number of amides is 1. The van der Waals surface area contributed by atoms with Gasteiger partial charge in [-0.3, -0.25) is 4.79 Å². The number of nitrogens with two attached hydrogens (primary N) is 1. The smallest absolute Gasteiger partial charge is 0.220 e. The molecule has 1 amide bonds. The fourth-order valence-electron chi connectivity index (χ4n) is 2.80. The number of halogens is 1. The normalized spacial score (nSPS) is 22.9. The predicted octanol–water partition coefficient (Wildman–Crippen LogP) is 2.85. The summed E-state index contributed by atoms with van der Waals surface area (Å²) < 4.78 is 0. The third kappa shape index (κ3) is 4.80. The Kier molecular flexibility index (Phi) is 7.03. The van der Waals surface area contributed by atoms with Gasteiger partial charge in [-0.1, -0.05) is 43.7 Å². The van der Waals surface area contributed by atoms with E-state index in [4.69, 9.17) is 5.73 Å². The molecule has 1 saturated carbocycles. The molecule has 3 nitrogen and oxygen atoms in total. The molecule has 1 aliphatic rings. The van der Waals surface area contributed by atoms with Crippen LogP contribution in [0.4, 0.5) is 0 Å². The lowest BCUT2D eigenvalue weighted by Gasteiger charge is -2.17. The summed E-state index contributed by atoms with van der Waals surface area (Å²) in [6.07, 6.45) is 3.92. The molecule has 2 rings (SSSR count). The lowest BCUT2D eigenvalue weighted by Crippen LogP contribution is -2.33. The lowest BCUT2D eigenvalue weighted by atomic mass is 9.99. The van der Waals surface area contributed by atoms with Gasteiger partial charge in [0.25, 0.3) is 0 Å². The maximum absolute atomic E-state index is 11.9. The third-order valence-corrected chi connectivity index (χ3v) is 4.14. The van der Waals surface area contributed by atoms with E-state index in [1.807, 2.05) is 18.2 Å². The first kappa shape index (κ1) is 17.0.